The molecule has 0 spiro atoms. The van der Waals surface area contributed by atoms with Crippen molar-refractivity contribution < 1.29 is 4.74 Å². The van der Waals surface area contributed by atoms with Crippen LogP contribution in [0, 0.1) is 5.92 Å². The summed E-state index contributed by atoms with van der Waals surface area (Å²) >= 11 is 6.08. The standard InChI is InChI=1S/C13H15ClN2O2/c14-10-4-1-5-11-12(10)15-13(17)16(11)7-9-3-2-6-18-8-9/h1,4-5,9H,2-3,6-8H2,(H,15,17). The van der Waals surface area contributed by atoms with E-state index in [4.69, 9.17) is 16.3 Å². The van der Waals surface area contributed by atoms with Crippen molar-refractivity contribution in [3.8, 4) is 0 Å². The molecule has 1 aromatic heterocycles. The number of fused-ring (bicyclic) bond motifs is 1. The highest BCUT2D eigenvalue weighted by atomic mass is 35.5. The van der Waals surface area contributed by atoms with Crippen molar-refractivity contribution in [2.24, 2.45) is 5.92 Å². The number of hydrogen-bond acceptors (Lipinski definition) is 2. The number of para-hydroxylation sites is 1. The zero-order valence-electron chi connectivity index (χ0n) is 9.99. The summed E-state index contributed by atoms with van der Waals surface area (Å²) in [6.45, 7) is 2.27. The Hall–Kier alpha value is -1.26. The van der Waals surface area contributed by atoms with Crippen molar-refractivity contribution in [3.63, 3.8) is 0 Å². The van der Waals surface area contributed by atoms with Gasteiger partial charge in [0.1, 0.15) is 0 Å². The molecule has 4 nitrogen and oxygen atoms in total. The number of nitrogens with zero attached hydrogens (tertiary/aromatic N) is 1. The molecule has 0 bridgehead atoms. The van der Waals surface area contributed by atoms with Crippen LogP contribution in [0.2, 0.25) is 5.02 Å². The molecule has 1 aliphatic rings. The lowest BCUT2D eigenvalue weighted by atomic mass is 10.0. The van der Waals surface area contributed by atoms with Gasteiger partial charge in [0, 0.05) is 19.1 Å². The largest absolute Gasteiger partial charge is 0.381 e. The molecule has 18 heavy (non-hydrogen) atoms. The van der Waals surface area contributed by atoms with Gasteiger partial charge in [0.05, 0.1) is 22.7 Å². The van der Waals surface area contributed by atoms with Crippen LogP contribution in [0.5, 0.6) is 0 Å². The van der Waals surface area contributed by atoms with Gasteiger partial charge in [-0.15, -0.1) is 0 Å². The maximum Gasteiger partial charge on any atom is 0.326 e. The fraction of sp³-hybridized carbons (Fsp3) is 0.462. The van der Waals surface area contributed by atoms with Crippen molar-refractivity contribution in [2.75, 3.05) is 13.2 Å². The highest BCUT2D eigenvalue weighted by Crippen LogP contribution is 2.22. The molecule has 0 amide bonds. The molecule has 0 aliphatic carbocycles. The van der Waals surface area contributed by atoms with Crippen molar-refractivity contribution in [1.29, 1.82) is 0 Å². The Morgan fingerprint density at radius 3 is 3.17 bits per heavy atom. The molecule has 2 aromatic rings. The normalized spacial score (nSPS) is 20.4. The van der Waals surface area contributed by atoms with Gasteiger partial charge in [0.2, 0.25) is 0 Å². The van der Waals surface area contributed by atoms with E-state index in [1.165, 1.54) is 0 Å². The van der Waals surface area contributed by atoms with E-state index in [1.807, 2.05) is 12.1 Å². The van der Waals surface area contributed by atoms with Gasteiger partial charge in [-0.2, -0.15) is 0 Å². The SMILES string of the molecule is O=c1[nH]c2c(Cl)cccc2n1CC1CCCOC1. The van der Waals surface area contributed by atoms with Gasteiger partial charge in [0.15, 0.2) is 0 Å². The average molecular weight is 267 g/mol. The van der Waals surface area contributed by atoms with Gasteiger partial charge < -0.3 is 9.72 Å². The Morgan fingerprint density at radius 2 is 2.39 bits per heavy atom. The summed E-state index contributed by atoms with van der Waals surface area (Å²) in [4.78, 5) is 14.8. The molecule has 1 aromatic carbocycles. The van der Waals surface area contributed by atoms with Gasteiger partial charge in [0.25, 0.3) is 0 Å². The van der Waals surface area contributed by atoms with Crippen LogP contribution in [0.1, 0.15) is 12.8 Å². The van der Waals surface area contributed by atoms with Crippen LogP contribution in [0.15, 0.2) is 23.0 Å². The lowest BCUT2D eigenvalue weighted by Crippen LogP contribution is -2.27. The zero-order valence-corrected chi connectivity index (χ0v) is 10.7. The lowest BCUT2D eigenvalue weighted by molar-refractivity contribution is 0.0485. The second-order valence-corrected chi connectivity index (χ2v) is 5.17. The topological polar surface area (TPSA) is 47.0 Å². The maximum absolute atomic E-state index is 12.0. The molecular weight excluding hydrogens is 252 g/mol. The molecule has 1 fully saturated rings. The first-order chi connectivity index (χ1) is 8.75. The molecule has 1 aliphatic heterocycles. The Bertz CT molecular complexity index is 611. The summed E-state index contributed by atoms with van der Waals surface area (Å²) in [6, 6.07) is 5.57. The number of rotatable bonds is 2. The number of ether oxygens (including phenoxy) is 1. The third kappa shape index (κ3) is 2.06. The van der Waals surface area contributed by atoms with E-state index in [1.54, 1.807) is 10.6 Å². The lowest BCUT2D eigenvalue weighted by Gasteiger charge is -2.22. The van der Waals surface area contributed by atoms with Crippen LogP contribution in [0.3, 0.4) is 0 Å². The molecule has 96 valence electrons. The molecule has 1 atom stereocenters. The maximum atomic E-state index is 12.0. The van der Waals surface area contributed by atoms with Gasteiger partial charge in [-0.05, 0) is 25.0 Å². The average Bonchev–Trinajstić information content (AvgIpc) is 2.70. The quantitative estimate of drug-likeness (QED) is 0.907. The highest BCUT2D eigenvalue weighted by molar-refractivity contribution is 6.34. The Balaban J connectivity index is 1.98. The summed E-state index contributed by atoms with van der Waals surface area (Å²) < 4.78 is 7.22. The fourth-order valence-corrected chi connectivity index (χ4v) is 2.75. The molecule has 1 unspecified atom stereocenters. The number of aromatic nitrogens is 2. The molecule has 5 heteroatoms. The number of H-pyrrole nitrogens is 1. The van der Waals surface area contributed by atoms with E-state index in [2.05, 4.69) is 4.98 Å². The molecule has 1 N–H and O–H groups in total. The summed E-state index contributed by atoms with van der Waals surface area (Å²) in [7, 11) is 0. The number of halogens is 1. The number of hydrogen-bond donors (Lipinski definition) is 1. The van der Waals surface area contributed by atoms with Crippen LogP contribution in [-0.4, -0.2) is 22.8 Å². The molecule has 0 saturated carbocycles. The third-order valence-electron chi connectivity index (χ3n) is 3.45. The molecular formula is C13H15ClN2O2. The van der Waals surface area contributed by atoms with Gasteiger partial charge >= 0.3 is 5.69 Å². The van der Waals surface area contributed by atoms with E-state index in [0.29, 0.717) is 17.5 Å². The second kappa shape index (κ2) is 4.78. The van der Waals surface area contributed by atoms with Crippen molar-refractivity contribution >= 4 is 22.6 Å². The molecule has 2 heterocycles. The minimum atomic E-state index is -0.0938. The van der Waals surface area contributed by atoms with E-state index in [0.717, 1.165) is 37.1 Å². The van der Waals surface area contributed by atoms with Gasteiger partial charge in [-0.3, -0.25) is 4.57 Å². The highest BCUT2D eigenvalue weighted by Gasteiger charge is 2.17. The third-order valence-corrected chi connectivity index (χ3v) is 3.77. The monoisotopic (exact) mass is 266 g/mol. The molecule has 1 saturated heterocycles. The minimum absolute atomic E-state index is 0.0938. The number of benzene rings is 1. The summed E-state index contributed by atoms with van der Waals surface area (Å²) in [5, 5.41) is 0.586. The van der Waals surface area contributed by atoms with Crippen molar-refractivity contribution in [3.05, 3.63) is 33.7 Å². The Labute approximate surface area is 110 Å². The first kappa shape index (κ1) is 11.8. The number of aromatic amines is 1. The van der Waals surface area contributed by atoms with Crippen molar-refractivity contribution in [1.82, 2.24) is 9.55 Å². The summed E-state index contributed by atoms with van der Waals surface area (Å²) in [5.41, 5.74) is 1.50. The predicted octanol–water partition coefficient (Wildman–Crippen LogP) is 2.41. The van der Waals surface area contributed by atoms with Gasteiger partial charge in [-0.1, -0.05) is 17.7 Å². The summed E-state index contributed by atoms with van der Waals surface area (Å²) in [6.07, 6.45) is 2.18. The van der Waals surface area contributed by atoms with E-state index in [-0.39, 0.29) is 5.69 Å². The van der Waals surface area contributed by atoms with E-state index < -0.39 is 0 Å². The van der Waals surface area contributed by atoms with E-state index >= 15 is 0 Å². The van der Waals surface area contributed by atoms with Crippen LogP contribution < -0.4 is 5.69 Å². The van der Waals surface area contributed by atoms with Crippen LogP contribution in [-0.2, 0) is 11.3 Å². The van der Waals surface area contributed by atoms with Crippen LogP contribution in [0.4, 0.5) is 0 Å². The smallest absolute Gasteiger partial charge is 0.326 e. The van der Waals surface area contributed by atoms with Crippen LogP contribution in [0.25, 0.3) is 11.0 Å². The number of nitrogens with one attached hydrogen (secondary N) is 1. The fourth-order valence-electron chi connectivity index (χ4n) is 2.54. The zero-order chi connectivity index (χ0) is 12.5. The van der Waals surface area contributed by atoms with Crippen molar-refractivity contribution in [2.45, 2.75) is 19.4 Å². The Morgan fingerprint density at radius 1 is 1.50 bits per heavy atom. The molecule has 3 rings (SSSR count). The van der Waals surface area contributed by atoms with Crippen LogP contribution >= 0.6 is 11.6 Å². The Kier molecular flexibility index (Phi) is 3.14. The second-order valence-electron chi connectivity index (χ2n) is 4.76. The summed E-state index contributed by atoms with van der Waals surface area (Å²) in [5.74, 6) is 0.412. The predicted molar refractivity (Wildman–Crippen MR) is 71.1 cm³/mol. The minimum Gasteiger partial charge on any atom is -0.381 e. The first-order valence-corrected chi connectivity index (χ1v) is 6.58. The van der Waals surface area contributed by atoms with Gasteiger partial charge in [-0.25, -0.2) is 4.79 Å². The van der Waals surface area contributed by atoms with E-state index in [9.17, 15) is 4.79 Å². The first-order valence-electron chi connectivity index (χ1n) is 6.20. The number of imidazole rings is 1. The molecule has 0 radical (unpaired) electrons.